The molecule has 0 aliphatic carbocycles. The van der Waals surface area contributed by atoms with Gasteiger partial charge in [-0.15, -0.1) is 0 Å². The second-order valence-electron chi connectivity index (χ2n) is 4.16. The van der Waals surface area contributed by atoms with Crippen molar-refractivity contribution in [2.45, 2.75) is 12.1 Å². The Kier molecular flexibility index (Phi) is 3.31. The lowest BCUT2D eigenvalue weighted by Gasteiger charge is -2.19. The third kappa shape index (κ3) is 2.28. The van der Waals surface area contributed by atoms with Gasteiger partial charge in [-0.2, -0.15) is 22.0 Å². The fourth-order valence-electron chi connectivity index (χ4n) is 1.90. The molecule has 0 spiro atoms. The zero-order valence-corrected chi connectivity index (χ0v) is 10.4. The number of methoxy groups -OCH3 is 1. The van der Waals surface area contributed by atoms with Crippen molar-refractivity contribution in [1.82, 2.24) is 4.98 Å². The number of carboxylic acid groups (broad SMARTS) is 1. The van der Waals surface area contributed by atoms with Crippen molar-refractivity contribution in [1.29, 1.82) is 0 Å². The third-order valence-corrected chi connectivity index (χ3v) is 2.89. The molecule has 4 nitrogen and oxygen atoms in total. The van der Waals surface area contributed by atoms with Gasteiger partial charge in [0.05, 0.1) is 12.7 Å². The summed E-state index contributed by atoms with van der Waals surface area (Å²) in [5.41, 5.74) is -3.00. The predicted molar refractivity (Wildman–Crippen MR) is 61.8 cm³/mol. The van der Waals surface area contributed by atoms with E-state index in [1.54, 1.807) is 0 Å². The number of aromatic carboxylic acids is 1. The van der Waals surface area contributed by atoms with E-state index in [4.69, 9.17) is 9.84 Å². The quantitative estimate of drug-likeness (QED) is 0.853. The van der Waals surface area contributed by atoms with Crippen LogP contribution >= 0.6 is 0 Å². The van der Waals surface area contributed by atoms with Crippen molar-refractivity contribution < 1.29 is 36.6 Å². The topological polar surface area (TPSA) is 62.3 Å². The average Bonchev–Trinajstić information content (AvgIpc) is 2.75. The number of alkyl halides is 5. The monoisotopic (exact) mass is 309 g/mol. The molecule has 1 heterocycles. The van der Waals surface area contributed by atoms with Crippen LogP contribution in [-0.2, 0) is 5.92 Å². The maximum atomic E-state index is 13.5. The second-order valence-corrected chi connectivity index (χ2v) is 4.16. The molecule has 0 unspecified atom stereocenters. The number of hydrogen-bond donors (Lipinski definition) is 2. The summed E-state index contributed by atoms with van der Waals surface area (Å²) in [6, 6.07) is 3.54. The summed E-state index contributed by atoms with van der Waals surface area (Å²) >= 11 is 0. The lowest BCUT2D eigenvalue weighted by molar-refractivity contribution is -0.290. The number of halogens is 5. The first-order valence-electron chi connectivity index (χ1n) is 5.47. The Labute approximate surface area is 114 Å². The second kappa shape index (κ2) is 4.61. The number of aromatic nitrogens is 1. The van der Waals surface area contributed by atoms with Crippen LogP contribution in [0.4, 0.5) is 22.0 Å². The smallest absolute Gasteiger partial charge is 0.459 e. The molecule has 0 radical (unpaired) electrons. The van der Waals surface area contributed by atoms with E-state index in [9.17, 15) is 26.7 Å². The minimum Gasteiger partial charge on any atom is -0.497 e. The summed E-state index contributed by atoms with van der Waals surface area (Å²) in [6.07, 6.45) is -5.91. The normalized spacial score (nSPS) is 12.7. The largest absolute Gasteiger partial charge is 0.497 e. The van der Waals surface area contributed by atoms with Gasteiger partial charge < -0.3 is 14.8 Å². The van der Waals surface area contributed by atoms with Crippen molar-refractivity contribution in [2.75, 3.05) is 7.11 Å². The molecule has 0 bridgehead atoms. The van der Waals surface area contributed by atoms with Gasteiger partial charge in [0.1, 0.15) is 11.4 Å². The van der Waals surface area contributed by atoms with Crippen LogP contribution in [0.3, 0.4) is 0 Å². The van der Waals surface area contributed by atoms with Crippen LogP contribution in [-0.4, -0.2) is 29.3 Å². The minimum absolute atomic E-state index is 0.130. The highest BCUT2D eigenvalue weighted by atomic mass is 19.4. The van der Waals surface area contributed by atoms with Crippen LogP contribution in [0.15, 0.2) is 18.2 Å². The molecule has 0 saturated carbocycles. The van der Waals surface area contributed by atoms with E-state index in [1.165, 1.54) is 13.2 Å². The van der Waals surface area contributed by atoms with Crippen LogP contribution in [0.25, 0.3) is 10.9 Å². The standard InChI is InChI=1S/C12H8F5NO3/c1-21-5-2-3-7-6(4-5)8(10(19)20)9(18-7)11(13,14)12(15,16)17/h2-4,18H,1H3,(H,19,20). The number of carbonyl (C=O) groups is 1. The first-order chi connectivity index (χ1) is 9.59. The summed E-state index contributed by atoms with van der Waals surface area (Å²) in [4.78, 5) is 12.9. The van der Waals surface area contributed by atoms with E-state index in [2.05, 4.69) is 0 Å². The number of aromatic amines is 1. The summed E-state index contributed by atoms with van der Waals surface area (Å²) in [5.74, 6) is -7.08. The minimum atomic E-state index is -5.91. The molecule has 1 aromatic heterocycles. The summed E-state index contributed by atoms with van der Waals surface area (Å²) in [5, 5.41) is 8.69. The maximum Gasteiger partial charge on any atom is 0.459 e. The van der Waals surface area contributed by atoms with Gasteiger partial charge in [0, 0.05) is 10.9 Å². The first-order valence-corrected chi connectivity index (χ1v) is 5.47. The Hall–Kier alpha value is -2.32. The number of benzene rings is 1. The number of carboxylic acids is 1. The number of ether oxygens (including phenoxy) is 1. The molecule has 114 valence electrons. The van der Waals surface area contributed by atoms with Gasteiger partial charge in [0.2, 0.25) is 0 Å². The van der Waals surface area contributed by atoms with Crippen molar-refractivity contribution in [3.05, 3.63) is 29.5 Å². The van der Waals surface area contributed by atoms with Gasteiger partial charge >= 0.3 is 18.1 Å². The Morgan fingerprint density at radius 2 is 1.86 bits per heavy atom. The van der Waals surface area contributed by atoms with Gasteiger partial charge in [-0.25, -0.2) is 4.79 Å². The molecular formula is C12H8F5NO3. The molecule has 0 atom stereocenters. The molecule has 0 fully saturated rings. The Morgan fingerprint density at radius 1 is 1.24 bits per heavy atom. The molecule has 0 amide bonds. The highest BCUT2D eigenvalue weighted by Gasteiger charge is 2.61. The summed E-state index contributed by atoms with van der Waals surface area (Å²) in [6.45, 7) is 0. The van der Waals surface area contributed by atoms with Crippen molar-refractivity contribution in [3.8, 4) is 5.75 Å². The number of fused-ring (bicyclic) bond motifs is 1. The number of H-pyrrole nitrogens is 1. The van der Waals surface area contributed by atoms with Gasteiger partial charge in [0.15, 0.2) is 0 Å². The molecule has 2 aromatic rings. The van der Waals surface area contributed by atoms with E-state index in [0.717, 1.165) is 12.1 Å². The van der Waals surface area contributed by atoms with E-state index < -0.39 is 29.3 Å². The third-order valence-electron chi connectivity index (χ3n) is 2.89. The lowest BCUT2D eigenvalue weighted by atomic mass is 10.1. The zero-order chi connectivity index (χ0) is 16.0. The molecule has 2 rings (SSSR count). The Balaban J connectivity index is 2.81. The number of rotatable bonds is 3. The highest BCUT2D eigenvalue weighted by Crippen LogP contribution is 2.46. The predicted octanol–water partition coefficient (Wildman–Crippen LogP) is 3.53. The fourth-order valence-corrected chi connectivity index (χ4v) is 1.90. The fraction of sp³-hybridized carbons (Fsp3) is 0.250. The maximum absolute atomic E-state index is 13.5. The lowest BCUT2D eigenvalue weighted by Crippen LogP contribution is -2.35. The van der Waals surface area contributed by atoms with E-state index >= 15 is 0 Å². The SMILES string of the molecule is COc1ccc2[nH]c(C(F)(F)C(F)(F)F)c(C(=O)O)c2c1. The first kappa shape index (κ1) is 15.1. The molecule has 21 heavy (non-hydrogen) atoms. The molecule has 0 saturated heterocycles. The van der Waals surface area contributed by atoms with Crippen molar-refractivity contribution >= 4 is 16.9 Å². The van der Waals surface area contributed by atoms with Gasteiger partial charge in [-0.05, 0) is 18.2 Å². The van der Waals surface area contributed by atoms with Crippen molar-refractivity contribution in [3.63, 3.8) is 0 Å². The summed E-state index contributed by atoms with van der Waals surface area (Å²) in [7, 11) is 1.25. The van der Waals surface area contributed by atoms with Crippen LogP contribution < -0.4 is 4.74 Å². The Bertz CT molecular complexity index is 705. The molecule has 9 heteroatoms. The molecular weight excluding hydrogens is 301 g/mol. The van der Waals surface area contributed by atoms with Crippen LogP contribution in [0.2, 0.25) is 0 Å². The van der Waals surface area contributed by atoms with E-state index in [0.29, 0.717) is 0 Å². The van der Waals surface area contributed by atoms with Gasteiger partial charge in [-0.3, -0.25) is 0 Å². The Morgan fingerprint density at radius 3 is 2.33 bits per heavy atom. The van der Waals surface area contributed by atoms with E-state index in [-0.39, 0.29) is 16.7 Å². The van der Waals surface area contributed by atoms with Gasteiger partial charge in [-0.1, -0.05) is 0 Å². The molecule has 1 aromatic carbocycles. The molecule has 2 N–H and O–H groups in total. The van der Waals surface area contributed by atoms with Gasteiger partial charge in [0.25, 0.3) is 0 Å². The zero-order valence-electron chi connectivity index (χ0n) is 10.4. The molecule has 0 aliphatic rings. The number of hydrogen-bond acceptors (Lipinski definition) is 2. The highest BCUT2D eigenvalue weighted by molar-refractivity contribution is 6.05. The van der Waals surface area contributed by atoms with Crippen molar-refractivity contribution in [2.24, 2.45) is 0 Å². The van der Waals surface area contributed by atoms with Crippen LogP contribution in [0.1, 0.15) is 16.1 Å². The van der Waals surface area contributed by atoms with Crippen LogP contribution in [0.5, 0.6) is 5.75 Å². The van der Waals surface area contributed by atoms with Crippen LogP contribution in [0, 0.1) is 0 Å². The average molecular weight is 309 g/mol. The van der Waals surface area contributed by atoms with E-state index in [1.807, 2.05) is 4.98 Å². The number of nitrogens with one attached hydrogen (secondary N) is 1. The summed E-state index contributed by atoms with van der Waals surface area (Å²) < 4.78 is 69.1. The molecule has 0 aliphatic heterocycles.